The highest BCUT2D eigenvalue weighted by Gasteiger charge is 1.98. The Morgan fingerprint density at radius 3 is 2.21 bits per heavy atom. The first-order chi connectivity index (χ1) is 6.74. The van der Waals surface area contributed by atoms with E-state index in [2.05, 4.69) is 38.1 Å². The quantitative estimate of drug-likeness (QED) is 0.711. The van der Waals surface area contributed by atoms with E-state index in [0.29, 0.717) is 5.92 Å². The van der Waals surface area contributed by atoms with E-state index in [9.17, 15) is 0 Å². The molecule has 1 heteroatoms. The van der Waals surface area contributed by atoms with Crippen LogP contribution in [0, 0.1) is 0 Å². The molecule has 14 heavy (non-hydrogen) atoms. The Kier molecular flexibility index (Phi) is 4.68. The lowest BCUT2D eigenvalue weighted by molar-refractivity contribution is 0.744. The van der Waals surface area contributed by atoms with Crippen molar-refractivity contribution in [1.29, 1.82) is 0 Å². The maximum atomic E-state index is 5.46. The number of aryl methyl sites for hydroxylation is 1. The third-order valence-corrected chi connectivity index (χ3v) is 2.57. The van der Waals surface area contributed by atoms with Crippen molar-refractivity contribution in [2.75, 3.05) is 6.54 Å². The lowest BCUT2D eigenvalue weighted by Crippen LogP contribution is -1.99. The van der Waals surface area contributed by atoms with Crippen molar-refractivity contribution in [3.63, 3.8) is 0 Å². The van der Waals surface area contributed by atoms with Gasteiger partial charge in [-0.3, -0.25) is 0 Å². The molecule has 1 nitrogen and oxygen atoms in total. The molecular formula is C13H21N. The summed E-state index contributed by atoms with van der Waals surface area (Å²) >= 11 is 0. The van der Waals surface area contributed by atoms with Crippen LogP contribution in [0.15, 0.2) is 24.3 Å². The van der Waals surface area contributed by atoms with Gasteiger partial charge in [0.2, 0.25) is 0 Å². The van der Waals surface area contributed by atoms with E-state index in [1.165, 1.54) is 17.5 Å². The molecule has 0 heterocycles. The minimum Gasteiger partial charge on any atom is -0.330 e. The third kappa shape index (κ3) is 3.51. The Balaban J connectivity index is 2.47. The predicted molar refractivity (Wildman–Crippen MR) is 62.5 cm³/mol. The molecule has 78 valence electrons. The number of hydrogen-bond donors (Lipinski definition) is 1. The van der Waals surface area contributed by atoms with Crippen molar-refractivity contribution in [2.24, 2.45) is 5.73 Å². The summed E-state index contributed by atoms with van der Waals surface area (Å²) in [5.41, 5.74) is 8.31. The molecule has 0 atom stereocenters. The van der Waals surface area contributed by atoms with E-state index in [1.807, 2.05) is 0 Å². The average Bonchev–Trinajstić information content (AvgIpc) is 2.19. The summed E-state index contributed by atoms with van der Waals surface area (Å²) in [6.07, 6.45) is 3.50. The van der Waals surface area contributed by atoms with Gasteiger partial charge in [-0.1, -0.05) is 38.1 Å². The van der Waals surface area contributed by atoms with Gasteiger partial charge in [0.25, 0.3) is 0 Å². The highest BCUT2D eigenvalue weighted by Crippen LogP contribution is 2.15. The summed E-state index contributed by atoms with van der Waals surface area (Å²) in [7, 11) is 0. The summed E-state index contributed by atoms with van der Waals surface area (Å²) in [5.74, 6) is 0.632. The zero-order chi connectivity index (χ0) is 10.4. The van der Waals surface area contributed by atoms with E-state index in [0.717, 1.165) is 19.4 Å². The van der Waals surface area contributed by atoms with Crippen LogP contribution in [-0.4, -0.2) is 6.54 Å². The number of rotatable bonds is 5. The van der Waals surface area contributed by atoms with Crippen molar-refractivity contribution in [2.45, 2.75) is 39.0 Å². The lowest BCUT2D eigenvalue weighted by Gasteiger charge is -2.06. The molecule has 0 bridgehead atoms. The van der Waals surface area contributed by atoms with Crippen LogP contribution >= 0.6 is 0 Å². The Morgan fingerprint density at radius 1 is 1.07 bits per heavy atom. The maximum Gasteiger partial charge on any atom is -0.00772 e. The molecule has 0 saturated carbocycles. The fourth-order valence-electron chi connectivity index (χ4n) is 1.54. The normalized spacial score (nSPS) is 10.9. The summed E-state index contributed by atoms with van der Waals surface area (Å²) in [4.78, 5) is 0. The molecule has 0 amide bonds. The number of benzene rings is 1. The molecule has 1 aromatic rings. The first kappa shape index (κ1) is 11.3. The van der Waals surface area contributed by atoms with Gasteiger partial charge >= 0.3 is 0 Å². The molecule has 0 saturated heterocycles. The molecule has 1 aromatic carbocycles. The summed E-state index contributed by atoms with van der Waals surface area (Å²) in [5, 5.41) is 0. The number of hydrogen-bond acceptors (Lipinski definition) is 1. The van der Waals surface area contributed by atoms with E-state index in [1.54, 1.807) is 0 Å². The van der Waals surface area contributed by atoms with Crippen LogP contribution in [0.3, 0.4) is 0 Å². The van der Waals surface area contributed by atoms with Gasteiger partial charge in [-0.25, -0.2) is 0 Å². The van der Waals surface area contributed by atoms with Gasteiger partial charge in [0.05, 0.1) is 0 Å². The van der Waals surface area contributed by atoms with Crippen LogP contribution in [0.1, 0.15) is 43.7 Å². The molecular weight excluding hydrogens is 170 g/mol. The van der Waals surface area contributed by atoms with Gasteiger partial charge in [0.1, 0.15) is 0 Å². The highest BCUT2D eigenvalue weighted by atomic mass is 14.5. The van der Waals surface area contributed by atoms with Crippen molar-refractivity contribution < 1.29 is 0 Å². The number of nitrogens with two attached hydrogens (primary N) is 1. The third-order valence-electron chi connectivity index (χ3n) is 2.57. The zero-order valence-corrected chi connectivity index (χ0v) is 9.29. The molecule has 0 spiro atoms. The molecule has 0 unspecified atom stereocenters. The first-order valence-corrected chi connectivity index (χ1v) is 5.53. The standard InChI is InChI=1S/C13H21N/c1-11(2)13-8-6-12(7-9-13)5-3-4-10-14/h6-9,11H,3-5,10,14H2,1-2H3. The number of unbranched alkanes of at least 4 members (excludes halogenated alkanes) is 1. The summed E-state index contributed by atoms with van der Waals surface area (Å²) < 4.78 is 0. The molecule has 2 N–H and O–H groups in total. The van der Waals surface area contributed by atoms with Crippen LogP contribution in [0.5, 0.6) is 0 Å². The summed E-state index contributed by atoms with van der Waals surface area (Å²) in [6.45, 7) is 5.26. The zero-order valence-electron chi connectivity index (χ0n) is 9.29. The first-order valence-electron chi connectivity index (χ1n) is 5.53. The van der Waals surface area contributed by atoms with Crippen LogP contribution in [0.2, 0.25) is 0 Å². The second-order valence-electron chi connectivity index (χ2n) is 4.14. The molecule has 0 aliphatic heterocycles. The molecule has 0 aromatic heterocycles. The second kappa shape index (κ2) is 5.82. The van der Waals surface area contributed by atoms with Crippen LogP contribution in [0.25, 0.3) is 0 Å². The second-order valence-corrected chi connectivity index (χ2v) is 4.14. The van der Waals surface area contributed by atoms with Gasteiger partial charge < -0.3 is 5.73 Å². The fraction of sp³-hybridized carbons (Fsp3) is 0.538. The molecule has 0 radical (unpaired) electrons. The van der Waals surface area contributed by atoms with Crippen molar-refractivity contribution in [3.8, 4) is 0 Å². The van der Waals surface area contributed by atoms with Gasteiger partial charge in [0, 0.05) is 0 Å². The molecule has 0 aliphatic rings. The Bertz CT molecular complexity index is 248. The van der Waals surface area contributed by atoms with Gasteiger partial charge in [0.15, 0.2) is 0 Å². The van der Waals surface area contributed by atoms with Gasteiger partial charge in [-0.05, 0) is 42.9 Å². The van der Waals surface area contributed by atoms with Crippen LogP contribution < -0.4 is 5.73 Å². The molecule has 0 fully saturated rings. The molecule has 0 aliphatic carbocycles. The van der Waals surface area contributed by atoms with Gasteiger partial charge in [-0.2, -0.15) is 0 Å². The Hall–Kier alpha value is -0.820. The maximum absolute atomic E-state index is 5.46. The Labute approximate surface area is 87.3 Å². The van der Waals surface area contributed by atoms with E-state index in [4.69, 9.17) is 5.73 Å². The predicted octanol–water partition coefficient (Wildman–Crippen LogP) is 3.09. The van der Waals surface area contributed by atoms with Crippen LogP contribution in [0.4, 0.5) is 0 Å². The fourth-order valence-corrected chi connectivity index (χ4v) is 1.54. The lowest BCUT2D eigenvalue weighted by atomic mass is 10.00. The largest absolute Gasteiger partial charge is 0.330 e. The van der Waals surface area contributed by atoms with Crippen molar-refractivity contribution in [3.05, 3.63) is 35.4 Å². The minimum absolute atomic E-state index is 0.632. The average molecular weight is 191 g/mol. The summed E-state index contributed by atoms with van der Waals surface area (Å²) in [6, 6.07) is 8.96. The Morgan fingerprint density at radius 2 is 1.71 bits per heavy atom. The monoisotopic (exact) mass is 191 g/mol. The van der Waals surface area contributed by atoms with Gasteiger partial charge in [-0.15, -0.1) is 0 Å². The van der Waals surface area contributed by atoms with Crippen LogP contribution in [-0.2, 0) is 6.42 Å². The highest BCUT2D eigenvalue weighted by molar-refractivity contribution is 5.24. The van der Waals surface area contributed by atoms with E-state index >= 15 is 0 Å². The SMILES string of the molecule is CC(C)c1ccc(CCCCN)cc1. The molecule has 1 rings (SSSR count). The minimum atomic E-state index is 0.632. The van der Waals surface area contributed by atoms with Crippen molar-refractivity contribution in [1.82, 2.24) is 0 Å². The van der Waals surface area contributed by atoms with E-state index in [-0.39, 0.29) is 0 Å². The van der Waals surface area contributed by atoms with E-state index < -0.39 is 0 Å². The topological polar surface area (TPSA) is 26.0 Å². The van der Waals surface area contributed by atoms with Crippen molar-refractivity contribution >= 4 is 0 Å². The smallest absolute Gasteiger partial charge is 0.00772 e.